The molecule has 0 aliphatic heterocycles. The third kappa shape index (κ3) is 5.67. The van der Waals surface area contributed by atoms with E-state index >= 15 is 0 Å². The van der Waals surface area contributed by atoms with Gasteiger partial charge in [-0.25, -0.2) is 4.79 Å². The molecule has 0 radical (unpaired) electrons. The zero-order chi connectivity index (χ0) is 20.6. The normalized spacial score (nSPS) is 14.1. The number of esters is 1. The quantitative estimate of drug-likeness (QED) is 0.720. The van der Waals surface area contributed by atoms with Gasteiger partial charge in [-0.05, 0) is 68.3 Å². The van der Waals surface area contributed by atoms with E-state index in [0.29, 0.717) is 29.0 Å². The van der Waals surface area contributed by atoms with Crippen LogP contribution in [0.4, 0.5) is 5.69 Å². The summed E-state index contributed by atoms with van der Waals surface area (Å²) >= 11 is 0. The van der Waals surface area contributed by atoms with E-state index in [-0.39, 0.29) is 17.9 Å². The van der Waals surface area contributed by atoms with E-state index in [2.05, 4.69) is 10.6 Å². The van der Waals surface area contributed by atoms with E-state index in [1.165, 1.54) is 6.42 Å². The smallest absolute Gasteiger partial charge is 0.338 e. The fourth-order valence-corrected chi connectivity index (χ4v) is 3.40. The SMILES string of the molecule is CCOC(=O)c1ccc(NC(=O)c2ccc(C(=O)NC3CCCCC3)cc2)cc1. The van der Waals surface area contributed by atoms with E-state index in [9.17, 15) is 14.4 Å². The Morgan fingerprint density at radius 3 is 1.97 bits per heavy atom. The molecule has 1 saturated carbocycles. The minimum Gasteiger partial charge on any atom is -0.462 e. The highest BCUT2D eigenvalue weighted by atomic mass is 16.5. The summed E-state index contributed by atoms with van der Waals surface area (Å²) in [7, 11) is 0. The van der Waals surface area contributed by atoms with Crippen LogP contribution in [0.5, 0.6) is 0 Å². The first-order chi connectivity index (χ1) is 14.1. The van der Waals surface area contributed by atoms with Gasteiger partial charge in [0.15, 0.2) is 0 Å². The number of nitrogens with one attached hydrogen (secondary N) is 2. The van der Waals surface area contributed by atoms with Crippen molar-refractivity contribution in [2.75, 3.05) is 11.9 Å². The summed E-state index contributed by atoms with van der Waals surface area (Å²) in [6.07, 6.45) is 5.61. The van der Waals surface area contributed by atoms with E-state index in [1.807, 2.05) is 0 Å². The van der Waals surface area contributed by atoms with Gasteiger partial charge >= 0.3 is 5.97 Å². The van der Waals surface area contributed by atoms with Gasteiger partial charge in [0.1, 0.15) is 0 Å². The summed E-state index contributed by atoms with van der Waals surface area (Å²) in [6, 6.07) is 13.4. The van der Waals surface area contributed by atoms with Crippen molar-refractivity contribution in [3.8, 4) is 0 Å². The number of amides is 2. The van der Waals surface area contributed by atoms with Crippen molar-refractivity contribution in [3.05, 3.63) is 65.2 Å². The van der Waals surface area contributed by atoms with Crippen LogP contribution in [0.15, 0.2) is 48.5 Å². The van der Waals surface area contributed by atoms with Crippen LogP contribution < -0.4 is 10.6 Å². The molecule has 1 aliphatic rings. The molecule has 1 fully saturated rings. The van der Waals surface area contributed by atoms with Gasteiger partial charge in [-0.2, -0.15) is 0 Å². The van der Waals surface area contributed by atoms with Crippen LogP contribution >= 0.6 is 0 Å². The van der Waals surface area contributed by atoms with Gasteiger partial charge in [0.25, 0.3) is 11.8 Å². The lowest BCUT2D eigenvalue weighted by molar-refractivity contribution is 0.0526. The van der Waals surface area contributed by atoms with Crippen molar-refractivity contribution in [2.24, 2.45) is 0 Å². The minimum absolute atomic E-state index is 0.0987. The van der Waals surface area contributed by atoms with Crippen LogP contribution in [0.25, 0.3) is 0 Å². The van der Waals surface area contributed by atoms with Crippen LogP contribution in [0.1, 0.15) is 70.1 Å². The van der Waals surface area contributed by atoms with Gasteiger partial charge < -0.3 is 15.4 Å². The molecule has 0 heterocycles. The first kappa shape index (κ1) is 20.6. The molecule has 6 nitrogen and oxygen atoms in total. The predicted octanol–water partition coefficient (Wildman–Crippen LogP) is 4.18. The average molecular weight is 394 g/mol. The highest BCUT2D eigenvalue weighted by Crippen LogP contribution is 2.18. The average Bonchev–Trinajstić information content (AvgIpc) is 2.75. The molecule has 2 aromatic rings. The third-order valence-electron chi connectivity index (χ3n) is 5.00. The highest BCUT2D eigenvalue weighted by molar-refractivity contribution is 6.05. The molecule has 6 heteroatoms. The van der Waals surface area contributed by atoms with Gasteiger partial charge in [-0.15, -0.1) is 0 Å². The molecular formula is C23H26N2O4. The maximum absolute atomic E-state index is 12.4. The topological polar surface area (TPSA) is 84.5 Å². The lowest BCUT2D eigenvalue weighted by atomic mass is 9.95. The Bertz CT molecular complexity index is 853. The number of rotatable bonds is 6. The second kappa shape index (κ2) is 9.87. The number of hydrogen-bond donors (Lipinski definition) is 2. The molecular weight excluding hydrogens is 368 g/mol. The van der Waals surface area contributed by atoms with Crippen LogP contribution in [0, 0.1) is 0 Å². The first-order valence-corrected chi connectivity index (χ1v) is 10.1. The van der Waals surface area contributed by atoms with Crippen molar-refractivity contribution in [2.45, 2.75) is 45.1 Å². The Labute approximate surface area is 170 Å². The molecule has 3 rings (SSSR count). The monoisotopic (exact) mass is 394 g/mol. The van der Waals surface area contributed by atoms with Gasteiger partial charge in [-0.3, -0.25) is 9.59 Å². The van der Waals surface area contributed by atoms with Crippen LogP contribution in [0.3, 0.4) is 0 Å². The Balaban J connectivity index is 1.57. The summed E-state index contributed by atoms with van der Waals surface area (Å²) < 4.78 is 4.94. The van der Waals surface area contributed by atoms with E-state index in [0.717, 1.165) is 25.7 Å². The van der Waals surface area contributed by atoms with Crippen molar-refractivity contribution in [1.82, 2.24) is 5.32 Å². The summed E-state index contributed by atoms with van der Waals surface area (Å²) in [5.41, 5.74) is 2.00. The van der Waals surface area contributed by atoms with Crippen molar-refractivity contribution in [1.29, 1.82) is 0 Å². The largest absolute Gasteiger partial charge is 0.462 e. The first-order valence-electron chi connectivity index (χ1n) is 10.1. The second-order valence-electron chi connectivity index (χ2n) is 7.14. The molecule has 2 aromatic carbocycles. The Morgan fingerprint density at radius 2 is 1.38 bits per heavy atom. The minimum atomic E-state index is -0.396. The van der Waals surface area contributed by atoms with Crippen molar-refractivity contribution < 1.29 is 19.1 Å². The number of carbonyl (C=O) groups excluding carboxylic acids is 3. The summed E-state index contributed by atoms with van der Waals surface area (Å²) in [5.74, 6) is -0.779. The van der Waals surface area contributed by atoms with Crippen LogP contribution in [-0.2, 0) is 4.74 Å². The second-order valence-corrected chi connectivity index (χ2v) is 7.14. The van der Waals surface area contributed by atoms with Crippen molar-refractivity contribution >= 4 is 23.5 Å². The summed E-state index contributed by atoms with van der Waals surface area (Å²) in [6.45, 7) is 2.06. The fourth-order valence-electron chi connectivity index (χ4n) is 3.40. The van der Waals surface area contributed by atoms with Crippen LogP contribution in [0.2, 0.25) is 0 Å². The van der Waals surface area contributed by atoms with Gasteiger partial charge in [-0.1, -0.05) is 19.3 Å². The maximum atomic E-state index is 12.4. The van der Waals surface area contributed by atoms with Gasteiger partial charge in [0.05, 0.1) is 12.2 Å². The Morgan fingerprint density at radius 1 is 0.828 bits per heavy atom. The van der Waals surface area contributed by atoms with Gasteiger partial charge in [0, 0.05) is 22.9 Å². The number of carbonyl (C=O) groups is 3. The van der Waals surface area contributed by atoms with E-state index in [1.54, 1.807) is 55.5 Å². The van der Waals surface area contributed by atoms with E-state index in [4.69, 9.17) is 4.74 Å². The molecule has 0 bridgehead atoms. The highest BCUT2D eigenvalue weighted by Gasteiger charge is 2.17. The lowest BCUT2D eigenvalue weighted by Gasteiger charge is -2.22. The molecule has 1 aliphatic carbocycles. The number of benzene rings is 2. The number of ether oxygens (including phenoxy) is 1. The molecule has 2 N–H and O–H groups in total. The molecule has 29 heavy (non-hydrogen) atoms. The van der Waals surface area contributed by atoms with E-state index < -0.39 is 5.97 Å². The fraction of sp³-hybridized carbons (Fsp3) is 0.348. The summed E-state index contributed by atoms with van der Waals surface area (Å²) in [4.78, 5) is 36.5. The zero-order valence-electron chi connectivity index (χ0n) is 16.6. The molecule has 0 saturated heterocycles. The van der Waals surface area contributed by atoms with Crippen LogP contribution in [-0.4, -0.2) is 30.4 Å². The predicted molar refractivity (Wildman–Crippen MR) is 111 cm³/mol. The Kier molecular flexibility index (Phi) is 7.00. The molecule has 152 valence electrons. The Hall–Kier alpha value is -3.15. The lowest BCUT2D eigenvalue weighted by Crippen LogP contribution is -2.36. The molecule has 2 amide bonds. The summed E-state index contributed by atoms with van der Waals surface area (Å²) in [5, 5.41) is 5.85. The van der Waals surface area contributed by atoms with Gasteiger partial charge in [0.2, 0.25) is 0 Å². The number of anilines is 1. The van der Waals surface area contributed by atoms with Crippen molar-refractivity contribution in [3.63, 3.8) is 0 Å². The zero-order valence-corrected chi connectivity index (χ0v) is 16.6. The standard InChI is InChI=1S/C23H26N2O4/c1-2-29-23(28)18-12-14-20(15-13-18)25-22(27)17-10-8-16(9-11-17)21(26)24-19-6-4-3-5-7-19/h8-15,19H,2-7H2,1H3,(H,24,26)(H,25,27). The maximum Gasteiger partial charge on any atom is 0.338 e. The third-order valence-corrected chi connectivity index (χ3v) is 5.00. The molecule has 0 spiro atoms. The molecule has 0 unspecified atom stereocenters. The molecule has 0 aromatic heterocycles. The molecule has 0 atom stereocenters. The number of hydrogen-bond acceptors (Lipinski definition) is 4.